The molecule has 1 heterocycles. The fraction of sp³-hybridized carbons (Fsp3) is 0.231. The zero-order valence-corrected chi connectivity index (χ0v) is 8.67. The summed E-state index contributed by atoms with van der Waals surface area (Å²) in [5.41, 5.74) is 4.74. The maximum atomic E-state index is 3.87. The van der Waals surface area contributed by atoms with Crippen molar-refractivity contribution in [3.63, 3.8) is 0 Å². The Kier molecular flexibility index (Phi) is 2.16. The molecule has 0 saturated carbocycles. The number of rotatable bonds is 1. The van der Waals surface area contributed by atoms with Crippen LogP contribution in [0.2, 0.25) is 0 Å². The highest BCUT2D eigenvalue weighted by Gasteiger charge is 2.07. The van der Waals surface area contributed by atoms with Gasteiger partial charge in [-0.3, -0.25) is 0 Å². The summed E-state index contributed by atoms with van der Waals surface area (Å²) in [6.07, 6.45) is 4.12. The number of fused-ring (bicyclic) bond motifs is 1. The Morgan fingerprint density at radius 2 is 2.00 bits per heavy atom. The molecule has 72 valence electrons. The first-order valence-electron chi connectivity index (χ1n) is 4.95. The van der Waals surface area contributed by atoms with Crippen LogP contribution in [0.3, 0.4) is 0 Å². The third-order valence-corrected chi connectivity index (χ3v) is 2.50. The minimum atomic E-state index is 0.582. The van der Waals surface area contributed by atoms with Crippen molar-refractivity contribution in [2.24, 2.45) is 0 Å². The highest BCUT2D eigenvalue weighted by atomic mass is 14.9. The lowest BCUT2D eigenvalue weighted by Gasteiger charge is -2.16. The van der Waals surface area contributed by atoms with Gasteiger partial charge in [0.15, 0.2) is 0 Å². The number of benzene rings is 1. The van der Waals surface area contributed by atoms with E-state index in [9.17, 15) is 0 Å². The van der Waals surface area contributed by atoms with Crippen molar-refractivity contribution in [2.75, 3.05) is 5.32 Å². The van der Waals surface area contributed by atoms with E-state index in [-0.39, 0.29) is 0 Å². The smallest absolute Gasteiger partial charge is 0.0457 e. The second-order valence-electron chi connectivity index (χ2n) is 3.98. The molecule has 0 aromatic heterocycles. The molecule has 0 unspecified atom stereocenters. The van der Waals surface area contributed by atoms with Crippen LogP contribution in [0.5, 0.6) is 0 Å². The van der Waals surface area contributed by atoms with Crippen LogP contribution < -0.4 is 5.32 Å². The van der Waals surface area contributed by atoms with E-state index >= 15 is 0 Å². The molecule has 2 rings (SSSR count). The Morgan fingerprint density at radius 3 is 2.71 bits per heavy atom. The van der Waals surface area contributed by atoms with Crippen LogP contribution in [0.25, 0.3) is 6.08 Å². The molecule has 0 spiro atoms. The van der Waals surface area contributed by atoms with E-state index in [2.05, 4.69) is 50.0 Å². The van der Waals surface area contributed by atoms with E-state index in [4.69, 9.17) is 0 Å². The first-order chi connectivity index (χ1) is 6.66. The summed E-state index contributed by atoms with van der Waals surface area (Å²) in [4.78, 5) is 0. The Bertz CT molecular complexity index is 400. The normalized spacial score (nSPS) is 14.1. The Balaban J connectivity index is 2.44. The molecule has 1 heteroatoms. The van der Waals surface area contributed by atoms with Crippen LogP contribution in [0.15, 0.2) is 36.6 Å². The van der Waals surface area contributed by atoms with Gasteiger partial charge >= 0.3 is 0 Å². The van der Waals surface area contributed by atoms with Gasteiger partial charge in [0, 0.05) is 11.4 Å². The number of nitrogens with one attached hydrogen (secondary N) is 1. The molecule has 0 saturated heterocycles. The molecule has 1 aromatic carbocycles. The fourth-order valence-corrected chi connectivity index (χ4v) is 1.60. The van der Waals surface area contributed by atoms with Crippen LogP contribution >= 0.6 is 0 Å². The van der Waals surface area contributed by atoms with Crippen molar-refractivity contribution in [1.82, 2.24) is 0 Å². The molecule has 1 aromatic rings. The van der Waals surface area contributed by atoms with E-state index < -0.39 is 0 Å². The fourth-order valence-electron chi connectivity index (χ4n) is 1.60. The van der Waals surface area contributed by atoms with Gasteiger partial charge in [-0.25, -0.2) is 0 Å². The minimum Gasteiger partial charge on any atom is -0.356 e. The molecular weight excluding hydrogens is 170 g/mol. The van der Waals surface area contributed by atoms with E-state index in [1.807, 2.05) is 6.08 Å². The van der Waals surface area contributed by atoms with Gasteiger partial charge in [-0.2, -0.15) is 0 Å². The summed E-state index contributed by atoms with van der Waals surface area (Å²) in [7, 11) is 0. The van der Waals surface area contributed by atoms with Crippen LogP contribution in [-0.2, 0) is 0 Å². The summed E-state index contributed by atoms with van der Waals surface area (Å²) in [5.74, 6) is 0.582. The average Bonchev–Trinajstić information content (AvgIpc) is 2.16. The lowest BCUT2D eigenvalue weighted by atomic mass is 9.98. The van der Waals surface area contributed by atoms with Gasteiger partial charge in [0.05, 0.1) is 0 Å². The first kappa shape index (κ1) is 9.07. The lowest BCUT2D eigenvalue weighted by molar-refractivity contribution is 0.866. The Labute approximate surface area is 85.2 Å². The molecule has 1 aliphatic rings. The quantitative estimate of drug-likeness (QED) is 0.702. The van der Waals surface area contributed by atoms with E-state index in [1.165, 1.54) is 11.1 Å². The van der Waals surface area contributed by atoms with E-state index in [0.29, 0.717) is 5.92 Å². The molecular formula is C13H15N. The van der Waals surface area contributed by atoms with Crippen molar-refractivity contribution in [2.45, 2.75) is 19.8 Å². The summed E-state index contributed by atoms with van der Waals surface area (Å²) in [5, 5.41) is 3.24. The van der Waals surface area contributed by atoms with Gasteiger partial charge in [-0.15, -0.1) is 0 Å². The van der Waals surface area contributed by atoms with Gasteiger partial charge in [-0.1, -0.05) is 32.6 Å². The van der Waals surface area contributed by atoms with Crippen molar-refractivity contribution >= 4 is 11.8 Å². The van der Waals surface area contributed by atoms with Gasteiger partial charge in [0.2, 0.25) is 0 Å². The third kappa shape index (κ3) is 1.58. The molecule has 0 aliphatic carbocycles. The zero-order chi connectivity index (χ0) is 10.1. The maximum Gasteiger partial charge on any atom is 0.0457 e. The molecule has 0 atom stereocenters. The Morgan fingerprint density at radius 1 is 1.21 bits per heavy atom. The van der Waals surface area contributed by atoms with Crippen LogP contribution in [0.4, 0.5) is 5.69 Å². The summed E-state index contributed by atoms with van der Waals surface area (Å²) < 4.78 is 0. The zero-order valence-electron chi connectivity index (χ0n) is 8.67. The van der Waals surface area contributed by atoms with E-state index in [1.54, 1.807) is 0 Å². The predicted molar refractivity (Wildman–Crippen MR) is 62.3 cm³/mol. The molecule has 0 amide bonds. The number of hydrogen-bond donors (Lipinski definition) is 1. The van der Waals surface area contributed by atoms with Crippen molar-refractivity contribution in [1.29, 1.82) is 0 Å². The minimum absolute atomic E-state index is 0.582. The second kappa shape index (κ2) is 3.33. The highest BCUT2D eigenvalue weighted by molar-refractivity contribution is 5.75. The topological polar surface area (TPSA) is 12.0 Å². The molecule has 0 radical (unpaired) electrons. The Hall–Kier alpha value is -1.50. The molecule has 1 aliphatic heterocycles. The van der Waals surface area contributed by atoms with Crippen LogP contribution in [0, 0.1) is 0 Å². The average molecular weight is 185 g/mol. The van der Waals surface area contributed by atoms with Crippen molar-refractivity contribution < 1.29 is 0 Å². The highest BCUT2D eigenvalue weighted by Crippen LogP contribution is 2.27. The molecule has 14 heavy (non-hydrogen) atoms. The van der Waals surface area contributed by atoms with Gasteiger partial charge in [-0.05, 0) is 35.3 Å². The SMILES string of the molecule is C=C1C=Cc2cc(C(C)C)ccc2N1. The van der Waals surface area contributed by atoms with E-state index in [0.717, 1.165) is 11.4 Å². The maximum absolute atomic E-state index is 3.87. The summed E-state index contributed by atoms with van der Waals surface area (Å²) >= 11 is 0. The van der Waals surface area contributed by atoms with Crippen LogP contribution in [0.1, 0.15) is 30.9 Å². The molecule has 0 fully saturated rings. The van der Waals surface area contributed by atoms with Crippen molar-refractivity contribution in [3.8, 4) is 0 Å². The molecule has 1 nitrogen and oxygen atoms in total. The molecule has 1 N–H and O–H groups in total. The first-order valence-corrected chi connectivity index (χ1v) is 4.95. The summed E-state index contributed by atoms with van der Waals surface area (Å²) in [6, 6.07) is 6.53. The monoisotopic (exact) mass is 185 g/mol. The number of allylic oxidation sites excluding steroid dienone is 1. The van der Waals surface area contributed by atoms with Crippen LogP contribution in [-0.4, -0.2) is 0 Å². The van der Waals surface area contributed by atoms with Gasteiger partial charge < -0.3 is 5.32 Å². The van der Waals surface area contributed by atoms with Crippen molar-refractivity contribution in [3.05, 3.63) is 47.7 Å². The number of anilines is 1. The largest absolute Gasteiger partial charge is 0.356 e. The van der Waals surface area contributed by atoms with Gasteiger partial charge in [0.1, 0.15) is 0 Å². The summed E-state index contributed by atoms with van der Waals surface area (Å²) in [6.45, 7) is 8.29. The number of hydrogen-bond acceptors (Lipinski definition) is 1. The lowest BCUT2D eigenvalue weighted by Crippen LogP contribution is -2.02. The third-order valence-electron chi connectivity index (χ3n) is 2.50. The predicted octanol–water partition coefficient (Wildman–Crippen LogP) is 3.76. The molecule has 0 bridgehead atoms. The standard InChI is InChI=1S/C13H15N/c1-9(2)11-6-7-13-12(8-11)5-4-10(3)14-13/h4-9,14H,3H2,1-2H3. The van der Waals surface area contributed by atoms with Gasteiger partial charge in [0.25, 0.3) is 0 Å². The second-order valence-corrected chi connectivity index (χ2v) is 3.98.